The molecular formula is C17H32N2O. The van der Waals surface area contributed by atoms with Crippen LogP contribution >= 0.6 is 0 Å². The van der Waals surface area contributed by atoms with E-state index < -0.39 is 0 Å². The van der Waals surface area contributed by atoms with Gasteiger partial charge in [0.2, 0.25) is 0 Å². The number of rotatable bonds is 4. The van der Waals surface area contributed by atoms with E-state index in [9.17, 15) is 5.11 Å². The Morgan fingerprint density at radius 3 is 2.35 bits per heavy atom. The summed E-state index contributed by atoms with van der Waals surface area (Å²) in [6.45, 7) is 3.73. The van der Waals surface area contributed by atoms with Crippen molar-refractivity contribution >= 4 is 0 Å². The second-order valence-electron chi connectivity index (χ2n) is 7.34. The van der Waals surface area contributed by atoms with Gasteiger partial charge in [-0.25, -0.2) is 0 Å². The van der Waals surface area contributed by atoms with Crippen LogP contribution in [0.3, 0.4) is 0 Å². The number of likely N-dealkylation sites (tertiary alicyclic amines) is 1. The number of hydrogen-bond acceptors (Lipinski definition) is 3. The molecule has 3 fully saturated rings. The molecule has 1 heterocycles. The number of piperidine rings is 1. The molecule has 3 nitrogen and oxygen atoms in total. The Kier molecular flexibility index (Phi) is 5.36. The van der Waals surface area contributed by atoms with Crippen molar-refractivity contribution in [1.29, 1.82) is 0 Å². The van der Waals surface area contributed by atoms with E-state index in [4.69, 9.17) is 0 Å². The van der Waals surface area contributed by atoms with Crippen LogP contribution in [-0.2, 0) is 0 Å². The molecule has 2 saturated carbocycles. The predicted octanol–water partition coefficient (Wildman–Crippen LogP) is 2.53. The molecule has 1 saturated heterocycles. The van der Waals surface area contributed by atoms with Gasteiger partial charge in [-0.15, -0.1) is 0 Å². The third-order valence-corrected chi connectivity index (χ3v) is 5.82. The molecular weight excluding hydrogens is 248 g/mol. The van der Waals surface area contributed by atoms with Gasteiger partial charge < -0.3 is 15.3 Å². The van der Waals surface area contributed by atoms with Crippen LogP contribution < -0.4 is 5.32 Å². The van der Waals surface area contributed by atoms with Crippen LogP contribution in [0.5, 0.6) is 0 Å². The molecule has 20 heavy (non-hydrogen) atoms. The summed E-state index contributed by atoms with van der Waals surface area (Å²) >= 11 is 0. The summed E-state index contributed by atoms with van der Waals surface area (Å²) in [5, 5.41) is 13.5. The maximum atomic E-state index is 9.74. The molecule has 0 bridgehead atoms. The molecule has 116 valence electrons. The van der Waals surface area contributed by atoms with Crippen molar-refractivity contribution in [2.45, 2.75) is 82.4 Å². The number of aliphatic hydroxyl groups is 1. The lowest BCUT2D eigenvalue weighted by atomic mass is 9.87. The summed E-state index contributed by atoms with van der Waals surface area (Å²) in [7, 11) is 0. The summed E-state index contributed by atoms with van der Waals surface area (Å²) in [6, 6.07) is 1.64. The molecule has 0 radical (unpaired) electrons. The first-order valence-corrected chi connectivity index (χ1v) is 8.97. The van der Waals surface area contributed by atoms with Crippen LogP contribution in [-0.4, -0.2) is 47.8 Å². The standard InChI is InChI=1S/C17H32N2O/c20-17-7-3-4-14(12-17)13-18-15-8-10-19(11-9-15)16-5-1-2-6-16/h14-18,20H,1-13H2. The quantitative estimate of drug-likeness (QED) is 0.831. The van der Waals surface area contributed by atoms with Crippen LogP contribution in [0.1, 0.15) is 64.2 Å². The average Bonchev–Trinajstić information content (AvgIpc) is 3.00. The molecule has 1 aliphatic heterocycles. The van der Waals surface area contributed by atoms with E-state index >= 15 is 0 Å². The first kappa shape index (κ1) is 14.8. The van der Waals surface area contributed by atoms with Crippen molar-refractivity contribution in [3.05, 3.63) is 0 Å². The lowest BCUT2D eigenvalue weighted by molar-refractivity contribution is 0.0959. The van der Waals surface area contributed by atoms with E-state index in [1.165, 1.54) is 64.5 Å². The molecule has 2 unspecified atom stereocenters. The van der Waals surface area contributed by atoms with Gasteiger partial charge in [0.15, 0.2) is 0 Å². The normalized spacial score (nSPS) is 34.6. The first-order valence-electron chi connectivity index (χ1n) is 8.97. The van der Waals surface area contributed by atoms with Crippen molar-refractivity contribution < 1.29 is 5.11 Å². The summed E-state index contributed by atoms with van der Waals surface area (Å²) in [5.41, 5.74) is 0. The van der Waals surface area contributed by atoms with Crippen molar-refractivity contribution in [2.75, 3.05) is 19.6 Å². The zero-order chi connectivity index (χ0) is 13.8. The zero-order valence-electron chi connectivity index (χ0n) is 12.9. The number of aliphatic hydroxyl groups excluding tert-OH is 1. The van der Waals surface area contributed by atoms with Gasteiger partial charge in [-0.1, -0.05) is 19.3 Å². The predicted molar refractivity (Wildman–Crippen MR) is 82.8 cm³/mol. The molecule has 0 spiro atoms. The highest BCUT2D eigenvalue weighted by atomic mass is 16.3. The Hall–Kier alpha value is -0.120. The first-order chi connectivity index (χ1) is 9.81. The third-order valence-electron chi connectivity index (χ3n) is 5.82. The highest BCUT2D eigenvalue weighted by Gasteiger charge is 2.27. The summed E-state index contributed by atoms with van der Waals surface area (Å²) in [5.74, 6) is 0.714. The van der Waals surface area contributed by atoms with Crippen molar-refractivity contribution in [3.63, 3.8) is 0 Å². The molecule has 2 atom stereocenters. The smallest absolute Gasteiger partial charge is 0.0543 e. The Balaban J connectivity index is 1.34. The van der Waals surface area contributed by atoms with Crippen LogP contribution in [0.15, 0.2) is 0 Å². The molecule has 0 aromatic rings. The van der Waals surface area contributed by atoms with Gasteiger partial charge >= 0.3 is 0 Å². The summed E-state index contributed by atoms with van der Waals surface area (Å²) in [4.78, 5) is 2.75. The molecule has 0 aromatic carbocycles. The minimum Gasteiger partial charge on any atom is -0.393 e. The highest BCUT2D eigenvalue weighted by Crippen LogP contribution is 2.27. The lowest BCUT2D eigenvalue weighted by Gasteiger charge is -2.37. The molecule has 3 rings (SSSR count). The number of nitrogens with one attached hydrogen (secondary N) is 1. The van der Waals surface area contributed by atoms with E-state index in [1.54, 1.807) is 0 Å². The van der Waals surface area contributed by atoms with Crippen LogP contribution in [0.2, 0.25) is 0 Å². The second kappa shape index (κ2) is 7.24. The van der Waals surface area contributed by atoms with Gasteiger partial charge in [-0.3, -0.25) is 0 Å². The number of nitrogens with zero attached hydrogens (tertiary/aromatic N) is 1. The SMILES string of the molecule is OC1CCCC(CNC2CCN(C3CCCC3)CC2)C1. The van der Waals surface area contributed by atoms with E-state index in [2.05, 4.69) is 10.2 Å². The van der Waals surface area contributed by atoms with Crippen LogP contribution in [0.4, 0.5) is 0 Å². The van der Waals surface area contributed by atoms with E-state index in [1.807, 2.05) is 0 Å². The van der Waals surface area contributed by atoms with Crippen molar-refractivity contribution in [2.24, 2.45) is 5.92 Å². The van der Waals surface area contributed by atoms with Crippen molar-refractivity contribution in [1.82, 2.24) is 10.2 Å². The largest absolute Gasteiger partial charge is 0.393 e. The van der Waals surface area contributed by atoms with Gasteiger partial charge in [-0.05, 0) is 70.5 Å². The molecule has 0 aromatic heterocycles. The van der Waals surface area contributed by atoms with Crippen LogP contribution in [0, 0.1) is 5.92 Å². The maximum Gasteiger partial charge on any atom is 0.0543 e. The van der Waals surface area contributed by atoms with E-state index in [0.29, 0.717) is 5.92 Å². The molecule has 2 aliphatic carbocycles. The van der Waals surface area contributed by atoms with Gasteiger partial charge in [0.1, 0.15) is 0 Å². The highest BCUT2D eigenvalue weighted by molar-refractivity contribution is 4.85. The van der Waals surface area contributed by atoms with Gasteiger partial charge in [-0.2, -0.15) is 0 Å². The molecule has 2 N–H and O–H groups in total. The molecule has 0 amide bonds. The monoisotopic (exact) mass is 280 g/mol. The van der Waals surface area contributed by atoms with Crippen molar-refractivity contribution in [3.8, 4) is 0 Å². The fourth-order valence-corrected chi connectivity index (χ4v) is 4.52. The fourth-order valence-electron chi connectivity index (χ4n) is 4.52. The fraction of sp³-hybridized carbons (Fsp3) is 1.00. The molecule has 3 heteroatoms. The average molecular weight is 280 g/mol. The minimum absolute atomic E-state index is 0.0280. The summed E-state index contributed by atoms with van der Waals surface area (Å²) < 4.78 is 0. The molecule has 3 aliphatic rings. The Morgan fingerprint density at radius 2 is 1.65 bits per heavy atom. The Bertz CT molecular complexity index is 283. The topological polar surface area (TPSA) is 35.5 Å². The Labute approximate surface area is 124 Å². The number of hydrogen-bond donors (Lipinski definition) is 2. The lowest BCUT2D eigenvalue weighted by Crippen LogP contribution is -2.47. The van der Waals surface area contributed by atoms with Crippen LogP contribution in [0.25, 0.3) is 0 Å². The van der Waals surface area contributed by atoms with E-state index in [-0.39, 0.29) is 6.10 Å². The Morgan fingerprint density at radius 1 is 0.900 bits per heavy atom. The van der Waals surface area contributed by atoms with Gasteiger partial charge in [0, 0.05) is 12.1 Å². The zero-order valence-corrected chi connectivity index (χ0v) is 12.9. The maximum absolute atomic E-state index is 9.74. The summed E-state index contributed by atoms with van der Waals surface area (Å²) in [6.07, 6.45) is 13.0. The third kappa shape index (κ3) is 3.96. The van der Waals surface area contributed by atoms with Gasteiger partial charge in [0.25, 0.3) is 0 Å². The minimum atomic E-state index is -0.0280. The second-order valence-corrected chi connectivity index (χ2v) is 7.34. The van der Waals surface area contributed by atoms with Gasteiger partial charge in [0.05, 0.1) is 6.10 Å². The van der Waals surface area contributed by atoms with E-state index in [0.717, 1.165) is 31.5 Å².